The molecule has 0 bridgehead atoms. The van der Waals surface area contributed by atoms with Crippen molar-refractivity contribution in [3.8, 4) is 17.0 Å². The van der Waals surface area contributed by atoms with Crippen LogP contribution in [0, 0.1) is 0 Å². The van der Waals surface area contributed by atoms with Crippen molar-refractivity contribution >= 4 is 80.5 Å². The zero-order valence-corrected chi connectivity index (χ0v) is 23.0. The van der Waals surface area contributed by atoms with E-state index in [1.807, 2.05) is 9.95 Å². The van der Waals surface area contributed by atoms with Crippen LogP contribution in [0.4, 0.5) is 5.13 Å². The van der Waals surface area contributed by atoms with Crippen LogP contribution in [0.3, 0.4) is 0 Å². The summed E-state index contributed by atoms with van der Waals surface area (Å²) in [6, 6.07) is 10.1. The molecular formula is C23H17Cl4N5O2S2. The van der Waals surface area contributed by atoms with Crippen molar-refractivity contribution in [3.63, 3.8) is 0 Å². The van der Waals surface area contributed by atoms with Crippen LogP contribution in [0.2, 0.25) is 20.1 Å². The van der Waals surface area contributed by atoms with Gasteiger partial charge in [-0.25, -0.2) is 4.98 Å². The number of nitrogens with one attached hydrogen (secondary N) is 1. The number of thioether (sulfide) groups is 1. The minimum absolute atomic E-state index is 0.107. The average Bonchev–Trinajstić information content (AvgIpc) is 3.44. The van der Waals surface area contributed by atoms with Gasteiger partial charge in [-0.2, -0.15) is 0 Å². The van der Waals surface area contributed by atoms with E-state index in [-0.39, 0.29) is 18.3 Å². The number of rotatable bonds is 10. The van der Waals surface area contributed by atoms with E-state index in [2.05, 4.69) is 27.1 Å². The zero-order valence-electron chi connectivity index (χ0n) is 18.4. The van der Waals surface area contributed by atoms with Crippen LogP contribution in [-0.4, -0.2) is 31.4 Å². The molecule has 1 N–H and O–H groups in total. The van der Waals surface area contributed by atoms with Crippen LogP contribution in [0.25, 0.3) is 11.3 Å². The quantitative estimate of drug-likeness (QED) is 0.150. The SMILES string of the molecule is C=CCn1c(COc2ccc(Cl)cc2Cl)nnc1SCC(=O)Nc1nc(-c2ccc(Cl)cc2Cl)cs1. The highest BCUT2D eigenvalue weighted by atomic mass is 35.5. The number of nitrogens with zero attached hydrogens (tertiary/aromatic N) is 4. The monoisotopic (exact) mass is 599 g/mol. The Hall–Kier alpha value is -2.27. The van der Waals surface area contributed by atoms with Gasteiger partial charge in [0.05, 0.1) is 21.5 Å². The number of allylic oxidation sites excluding steroid dienone is 1. The number of carbonyl (C=O) groups excluding carboxylic acids is 1. The lowest BCUT2D eigenvalue weighted by Gasteiger charge is -2.10. The summed E-state index contributed by atoms with van der Waals surface area (Å²) in [5, 5.41) is 16.0. The van der Waals surface area contributed by atoms with Crippen molar-refractivity contribution in [1.29, 1.82) is 0 Å². The van der Waals surface area contributed by atoms with E-state index in [1.54, 1.807) is 42.5 Å². The largest absolute Gasteiger partial charge is 0.484 e. The normalized spacial score (nSPS) is 10.9. The molecule has 36 heavy (non-hydrogen) atoms. The van der Waals surface area contributed by atoms with Crippen LogP contribution in [0.15, 0.2) is 59.6 Å². The molecule has 0 saturated carbocycles. The van der Waals surface area contributed by atoms with Crippen molar-refractivity contribution < 1.29 is 9.53 Å². The molecule has 2 aromatic heterocycles. The lowest BCUT2D eigenvalue weighted by atomic mass is 10.2. The Labute approximate surface area is 235 Å². The summed E-state index contributed by atoms with van der Waals surface area (Å²) in [6.07, 6.45) is 1.71. The van der Waals surface area contributed by atoms with E-state index in [9.17, 15) is 4.79 Å². The molecule has 186 valence electrons. The van der Waals surface area contributed by atoms with Crippen molar-refractivity contribution in [1.82, 2.24) is 19.7 Å². The molecule has 0 fully saturated rings. The summed E-state index contributed by atoms with van der Waals surface area (Å²) < 4.78 is 7.59. The standard InChI is InChI=1S/C23H17Cl4N5O2S2/c1-2-7-32-20(10-34-19-6-4-14(25)9-17(19)27)30-31-23(32)36-12-21(33)29-22-28-18(11-35-22)15-5-3-13(24)8-16(15)26/h2-6,8-9,11H,1,7,10,12H2,(H,28,29,33). The van der Waals surface area contributed by atoms with Gasteiger partial charge < -0.3 is 10.1 Å². The first-order chi connectivity index (χ1) is 17.3. The first-order valence-corrected chi connectivity index (χ1v) is 13.7. The summed E-state index contributed by atoms with van der Waals surface area (Å²) in [4.78, 5) is 17.0. The van der Waals surface area contributed by atoms with Gasteiger partial charge in [-0.3, -0.25) is 9.36 Å². The van der Waals surface area contributed by atoms with E-state index in [0.717, 1.165) is 5.56 Å². The summed E-state index contributed by atoms with van der Waals surface area (Å²) >= 11 is 26.9. The predicted octanol–water partition coefficient (Wildman–Crippen LogP) is 7.51. The number of carbonyl (C=O) groups is 1. The highest BCUT2D eigenvalue weighted by molar-refractivity contribution is 7.99. The van der Waals surface area contributed by atoms with Crippen LogP contribution in [0.5, 0.6) is 5.75 Å². The predicted molar refractivity (Wildman–Crippen MR) is 148 cm³/mol. The van der Waals surface area contributed by atoms with Crippen LogP contribution in [0.1, 0.15) is 5.82 Å². The highest BCUT2D eigenvalue weighted by Gasteiger charge is 2.16. The lowest BCUT2D eigenvalue weighted by Crippen LogP contribution is -2.15. The van der Waals surface area contributed by atoms with Gasteiger partial charge in [-0.1, -0.05) is 64.2 Å². The fourth-order valence-corrected chi connectivity index (χ4v) is 5.48. The molecule has 4 rings (SSSR count). The van der Waals surface area contributed by atoms with Gasteiger partial charge in [-0.05, 0) is 36.4 Å². The van der Waals surface area contributed by atoms with Gasteiger partial charge in [0.25, 0.3) is 0 Å². The van der Waals surface area contributed by atoms with Gasteiger partial charge in [-0.15, -0.1) is 28.1 Å². The maximum absolute atomic E-state index is 12.6. The van der Waals surface area contributed by atoms with E-state index in [1.165, 1.54) is 23.1 Å². The average molecular weight is 601 g/mol. The van der Waals surface area contributed by atoms with Gasteiger partial charge in [0, 0.05) is 27.5 Å². The maximum Gasteiger partial charge on any atom is 0.236 e. The molecule has 0 aliphatic rings. The van der Waals surface area contributed by atoms with E-state index >= 15 is 0 Å². The number of hydrogen-bond donors (Lipinski definition) is 1. The molecule has 7 nitrogen and oxygen atoms in total. The minimum Gasteiger partial charge on any atom is -0.484 e. The molecule has 0 aliphatic carbocycles. The second-order valence-electron chi connectivity index (χ2n) is 7.16. The van der Waals surface area contributed by atoms with Crippen LogP contribution in [-0.2, 0) is 17.9 Å². The van der Waals surface area contributed by atoms with E-state index in [0.29, 0.717) is 54.2 Å². The molecule has 13 heteroatoms. The summed E-state index contributed by atoms with van der Waals surface area (Å²) in [6.45, 7) is 4.36. The topological polar surface area (TPSA) is 81.9 Å². The number of anilines is 1. The van der Waals surface area contributed by atoms with Gasteiger partial charge in [0.15, 0.2) is 16.1 Å². The number of ether oxygens (including phenoxy) is 1. The number of hydrogen-bond acceptors (Lipinski definition) is 7. The second-order valence-corrected chi connectivity index (χ2v) is 10.6. The van der Waals surface area contributed by atoms with E-state index in [4.69, 9.17) is 51.1 Å². The molecule has 2 aromatic carbocycles. The smallest absolute Gasteiger partial charge is 0.236 e. The molecule has 2 heterocycles. The molecule has 0 saturated heterocycles. The highest BCUT2D eigenvalue weighted by Crippen LogP contribution is 2.32. The third-order valence-corrected chi connectivity index (χ3v) is 7.45. The van der Waals surface area contributed by atoms with Gasteiger partial charge in [0.2, 0.25) is 5.91 Å². The van der Waals surface area contributed by atoms with Crippen molar-refractivity contribution in [2.45, 2.75) is 18.3 Å². The number of aromatic nitrogens is 4. The summed E-state index contributed by atoms with van der Waals surface area (Å²) in [5.41, 5.74) is 1.39. The molecule has 0 aliphatic heterocycles. The lowest BCUT2D eigenvalue weighted by molar-refractivity contribution is -0.113. The molecule has 0 unspecified atom stereocenters. The minimum atomic E-state index is -0.234. The third kappa shape index (κ3) is 6.73. The molecular weight excluding hydrogens is 584 g/mol. The third-order valence-electron chi connectivity index (χ3n) is 4.65. The second kappa shape index (κ2) is 12.3. The number of amides is 1. The van der Waals surface area contributed by atoms with Crippen molar-refractivity contribution in [3.05, 3.63) is 80.3 Å². The van der Waals surface area contributed by atoms with Crippen molar-refractivity contribution in [2.75, 3.05) is 11.1 Å². The Morgan fingerprint density at radius 3 is 2.58 bits per heavy atom. The fourth-order valence-electron chi connectivity index (χ4n) is 3.02. The molecule has 1 amide bonds. The Morgan fingerprint density at radius 2 is 1.86 bits per heavy atom. The van der Waals surface area contributed by atoms with Gasteiger partial charge in [0.1, 0.15) is 12.4 Å². The molecule has 0 radical (unpaired) electrons. The van der Waals surface area contributed by atoms with Gasteiger partial charge >= 0.3 is 0 Å². The summed E-state index contributed by atoms with van der Waals surface area (Å²) in [7, 11) is 0. The number of benzene rings is 2. The Morgan fingerprint density at radius 1 is 1.11 bits per heavy atom. The fraction of sp³-hybridized carbons (Fsp3) is 0.130. The zero-order chi connectivity index (χ0) is 25.7. The number of halogens is 4. The molecule has 0 atom stereocenters. The van der Waals surface area contributed by atoms with Crippen LogP contribution >= 0.6 is 69.5 Å². The first-order valence-electron chi connectivity index (χ1n) is 10.3. The number of thiazole rings is 1. The molecule has 4 aromatic rings. The van der Waals surface area contributed by atoms with Crippen molar-refractivity contribution in [2.24, 2.45) is 0 Å². The first kappa shape index (κ1) is 26.8. The van der Waals surface area contributed by atoms with E-state index < -0.39 is 0 Å². The Bertz CT molecular complexity index is 1410. The van der Waals surface area contributed by atoms with Crippen LogP contribution < -0.4 is 10.1 Å². The maximum atomic E-state index is 12.6. The Balaban J connectivity index is 1.37. The Kier molecular flexibility index (Phi) is 9.16. The molecule has 0 spiro atoms. The summed E-state index contributed by atoms with van der Waals surface area (Å²) in [5.74, 6) is 0.913.